The van der Waals surface area contributed by atoms with Crippen molar-refractivity contribution in [3.05, 3.63) is 29.3 Å². The molecule has 17 heavy (non-hydrogen) atoms. The topological polar surface area (TPSA) is 20.2 Å². The molecule has 1 aromatic carbocycles. The van der Waals surface area contributed by atoms with Gasteiger partial charge in [0.2, 0.25) is 0 Å². The van der Waals surface area contributed by atoms with Crippen LogP contribution in [0.4, 0.5) is 22.0 Å². The molecule has 0 fully saturated rings. The molecule has 96 valence electrons. The average Bonchev–Trinajstić information content (AvgIpc) is 2.15. The first kappa shape index (κ1) is 13.7. The lowest BCUT2D eigenvalue weighted by Crippen LogP contribution is -2.33. The lowest BCUT2D eigenvalue weighted by Gasteiger charge is -2.21. The molecule has 0 heterocycles. The van der Waals surface area contributed by atoms with E-state index in [1.165, 1.54) is 0 Å². The molecule has 0 saturated carbocycles. The quantitative estimate of drug-likeness (QED) is 0.785. The third-order valence-corrected chi connectivity index (χ3v) is 2.37. The zero-order valence-corrected chi connectivity index (χ0v) is 9.15. The van der Waals surface area contributed by atoms with E-state index >= 15 is 0 Å². The van der Waals surface area contributed by atoms with Gasteiger partial charge >= 0.3 is 12.1 Å². The minimum atomic E-state index is -5.64. The minimum Gasteiger partial charge on any atom is -0.508 e. The van der Waals surface area contributed by atoms with Crippen LogP contribution in [0.25, 0.3) is 0 Å². The van der Waals surface area contributed by atoms with Crippen LogP contribution in [0.15, 0.2) is 18.2 Å². The second-order valence-corrected chi connectivity index (χ2v) is 4.00. The number of halogens is 5. The Morgan fingerprint density at radius 3 is 2.00 bits per heavy atom. The summed E-state index contributed by atoms with van der Waals surface area (Å²) >= 11 is 0. The summed E-state index contributed by atoms with van der Waals surface area (Å²) in [6.07, 6.45) is -5.64. The van der Waals surface area contributed by atoms with Crippen molar-refractivity contribution < 1.29 is 27.1 Å². The van der Waals surface area contributed by atoms with Gasteiger partial charge in [-0.1, -0.05) is 13.8 Å². The molecule has 0 spiro atoms. The van der Waals surface area contributed by atoms with Gasteiger partial charge in [0.05, 0.1) is 0 Å². The summed E-state index contributed by atoms with van der Waals surface area (Å²) in [7, 11) is 0. The van der Waals surface area contributed by atoms with Gasteiger partial charge in [-0.25, -0.2) is 0 Å². The van der Waals surface area contributed by atoms with Crippen LogP contribution in [0.3, 0.4) is 0 Å². The SMILES string of the molecule is CC(C)c1cc(C(F)(F)C(F)(F)F)ccc1O. The summed E-state index contributed by atoms with van der Waals surface area (Å²) in [5.41, 5.74) is -1.10. The predicted octanol–water partition coefficient (Wildman–Crippen LogP) is 4.17. The van der Waals surface area contributed by atoms with Gasteiger partial charge in [-0.2, -0.15) is 22.0 Å². The maximum absolute atomic E-state index is 13.0. The van der Waals surface area contributed by atoms with Crippen molar-refractivity contribution in [3.8, 4) is 5.75 Å². The van der Waals surface area contributed by atoms with Crippen molar-refractivity contribution in [2.75, 3.05) is 0 Å². The molecule has 0 amide bonds. The fourth-order valence-electron chi connectivity index (χ4n) is 1.38. The number of rotatable bonds is 2. The van der Waals surface area contributed by atoms with Crippen molar-refractivity contribution in [2.45, 2.75) is 31.9 Å². The molecule has 6 heteroatoms. The highest BCUT2D eigenvalue weighted by atomic mass is 19.4. The molecule has 0 aromatic heterocycles. The average molecular weight is 254 g/mol. The Bertz CT molecular complexity index is 409. The smallest absolute Gasteiger partial charge is 0.458 e. The molecule has 0 aliphatic carbocycles. The predicted molar refractivity (Wildman–Crippen MR) is 52.1 cm³/mol. The van der Waals surface area contributed by atoms with E-state index in [4.69, 9.17) is 0 Å². The van der Waals surface area contributed by atoms with Crippen LogP contribution in [-0.4, -0.2) is 11.3 Å². The number of hydrogen-bond acceptors (Lipinski definition) is 1. The van der Waals surface area contributed by atoms with E-state index in [1.807, 2.05) is 0 Å². The monoisotopic (exact) mass is 254 g/mol. The number of alkyl halides is 5. The molecule has 1 N–H and O–H groups in total. The standard InChI is InChI=1S/C11H11F5O/c1-6(2)8-5-7(3-4-9(8)17)10(12,13)11(14,15)16/h3-6,17H,1-2H3. The molecule has 0 saturated heterocycles. The van der Waals surface area contributed by atoms with E-state index in [9.17, 15) is 27.1 Å². The Balaban J connectivity index is 3.30. The zero-order chi connectivity index (χ0) is 13.4. The molecule has 1 nitrogen and oxygen atoms in total. The molecule has 0 unspecified atom stereocenters. The molecular weight excluding hydrogens is 243 g/mol. The third kappa shape index (κ3) is 2.50. The summed E-state index contributed by atoms with van der Waals surface area (Å²) in [6.45, 7) is 3.18. The highest BCUT2D eigenvalue weighted by Crippen LogP contribution is 2.45. The summed E-state index contributed by atoms with van der Waals surface area (Å²) in [6, 6.07) is 2.12. The number of benzene rings is 1. The van der Waals surface area contributed by atoms with E-state index in [1.54, 1.807) is 13.8 Å². The van der Waals surface area contributed by atoms with Crippen LogP contribution >= 0.6 is 0 Å². The van der Waals surface area contributed by atoms with Crippen molar-refractivity contribution in [3.63, 3.8) is 0 Å². The van der Waals surface area contributed by atoms with Gasteiger partial charge in [-0.3, -0.25) is 0 Å². The van der Waals surface area contributed by atoms with E-state index in [-0.39, 0.29) is 17.2 Å². The van der Waals surface area contributed by atoms with Gasteiger partial charge in [0, 0.05) is 5.56 Å². The first-order chi connectivity index (χ1) is 7.57. The van der Waals surface area contributed by atoms with Crippen molar-refractivity contribution in [2.24, 2.45) is 0 Å². The largest absolute Gasteiger partial charge is 0.508 e. The van der Waals surface area contributed by atoms with Crippen molar-refractivity contribution >= 4 is 0 Å². The van der Waals surface area contributed by atoms with Crippen LogP contribution in [0.5, 0.6) is 5.75 Å². The normalized spacial score (nSPS) is 13.2. The minimum absolute atomic E-state index is 0.0615. The van der Waals surface area contributed by atoms with Gasteiger partial charge in [0.1, 0.15) is 5.75 Å². The fraction of sp³-hybridized carbons (Fsp3) is 0.455. The van der Waals surface area contributed by atoms with Gasteiger partial charge in [-0.05, 0) is 29.7 Å². The second kappa shape index (κ2) is 4.16. The van der Waals surface area contributed by atoms with E-state index in [0.717, 1.165) is 6.07 Å². The Morgan fingerprint density at radius 2 is 1.59 bits per heavy atom. The van der Waals surface area contributed by atoms with Crippen LogP contribution in [0.1, 0.15) is 30.9 Å². The Labute approximate surface area is 94.9 Å². The molecular formula is C11H11F5O. The summed E-state index contributed by atoms with van der Waals surface area (Å²) in [4.78, 5) is 0. The highest BCUT2D eigenvalue weighted by molar-refractivity contribution is 5.40. The lowest BCUT2D eigenvalue weighted by molar-refractivity contribution is -0.289. The molecule has 0 bridgehead atoms. The zero-order valence-electron chi connectivity index (χ0n) is 9.15. The van der Waals surface area contributed by atoms with E-state index in [2.05, 4.69) is 0 Å². The number of phenolic OH excluding ortho intramolecular Hbond substituents is 1. The van der Waals surface area contributed by atoms with Crippen molar-refractivity contribution in [1.82, 2.24) is 0 Å². The summed E-state index contributed by atoms with van der Waals surface area (Å²) in [5.74, 6) is -5.55. The van der Waals surface area contributed by atoms with Gasteiger partial charge in [-0.15, -0.1) is 0 Å². The Hall–Kier alpha value is -1.33. The third-order valence-electron chi connectivity index (χ3n) is 2.37. The first-order valence-electron chi connectivity index (χ1n) is 4.85. The first-order valence-corrected chi connectivity index (χ1v) is 4.85. The lowest BCUT2D eigenvalue weighted by atomic mass is 9.97. The molecule has 0 aliphatic heterocycles. The Morgan fingerprint density at radius 1 is 1.06 bits per heavy atom. The van der Waals surface area contributed by atoms with Crippen molar-refractivity contribution in [1.29, 1.82) is 0 Å². The number of phenols is 1. The van der Waals surface area contributed by atoms with Gasteiger partial charge in [0.25, 0.3) is 0 Å². The maximum Gasteiger partial charge on any atom is 0.458 e. The molecule has 1 aromatic rings. The fourth-order valence-corrected chi connectivity index (χ4v) is 1.38. The van der Waals surface area contributed by atoms with E-state index < -0.39 is 17.7 Å². The Kier molecular flexibility index (Phi) is 3.36. The number of aromatic hydroxyl groups is 1. The van der Waals surface area contributed by atoms with Gasteiger partial charge < -0.3 is 5.11 Å². The van der Waals surface area contributed by atoms with E-state index in [0.29, 0.717) is 12.1 Å². The molecule has 0 aliphatic rings. The summed E-state index contributed by atoms with van der Waals surface area (Å²) in [5, 5.41) is 9.35. The summed E-state index contributed by atoms with van der Waals surface area (Å²) < 4.78 is 62.5. The molecule has 0 radical (unpaired) electrons. The molecule has 1 rings (SSSR count). The van der Waals surface area contributed by atoms with Crippen LogP contribution in [0, 0.1) is 0 Å². The van der Waals surface area contributed by atoms with Crippen LogP contribution in [0.2, 0.25) is 0 Å². The van der Waals surface area contributed by atoms with Crippen LogP contribution < -0.4 is 0 Å². The molecule has 0 atom stereocenters. The maximum atomic E-state index is 13.0. The number of hydrogen-bond donors (Lipinski definition) is 1. The van der Waals surface area contributed by atoms with Crippen LogP contribution in [-0.2, 0) is 5.92 Å². The highest BCUT2D eigenvalue weighted by Gasteiger charge is 2.58. The van der Waals surface area contributed by atoms with Gasteiger partial charge in [0.15, 0.2) is 0 Å². The second-order valence-electron chi connectivity index (χ2n) is 4.00.